The van der Waals surface area contributed by atoms with Gasteiger partial charge in [-0.15, -0.1) is 0 Å². The minimum absolute atomic E-state index is 0.340. The van der Waals surface area contributed by atoms with E-state index in [1.54, 1.807) is 4.90 Å². The molecule has 0 saturated carbocycles. The zero-order valence-electron chi connectivity index (χ0n) is 15.8. The monoisotopic (exact) mass is 349 g/mol. The molecule has 0 aliphatic heterocycles. The highest BCUT2D eigenvalue weighted by Gasteiger charge is 2.22. The van der Waals surface area contributed by atoms with E-state index < -0.39 is 5.60 Å². The molecule has 0 N–H and O–H groups in total. The fraction of sp³-hybridized carbons (Fsp3) is 0.261. The molecule has 0 heterocycles. The highest BCUT2D eigenvalue weighted by atomic mass is 16.6. The van der Waals surface area contributed by atoms with Crippen molar-refractivity contribution in [2.45, 2.75) is 32.8 Å². The molecule has 0 aliphatic rings. The summed E-state index contributed by atoms with van der Waals surface area (Å²) in [5.74, 6) is 0. The Kier molecular flexibility index (Phi) is 7.22. The van der Waals surface area contributed by atoms with Crippen molar-refractivity contribution in [3.63, 3.8) is 0 Å². The number of allylic oxidation sites excluding steroid dienone is 2. The molecule has 0 saturated heterocycles. The van der Waals surface area contributed by atoms with Crippen LogP contribution in [0.1, 0.15) is 32.8 Å². The van der Waals surface area contributed by atoms with E-state index in [-0.39, 0.29) is 6.09 Å². The summed E-state index contributed by atoms with van der Waals surface area (Å²) in [7, 11) is 0. The maximum Gasteiger partial charge on any atom is 0.415 e. The summed E-state index contributed by atoms with van der Waals surface area (Å²) in [5, 5.41) is 0. The Hall–Kier alpha value is -2.81. The van der Waals surface area contributed by atoms with Gasteiger partial charge < -0.3 is 4.74 Å². The Morgan fingerprint density at radius 1 is 0.923 bits per heavy atom. The first kappa shape index (κ1) is 19.5. The van der Waals surface area contributed by atoms with E-state index in [0.717, 1.165) is 12.1 Å². The maximum atomic E-state index is 12.5. The van der Waals surface area contributed by atoms with Crippen molar-refractivity contribution in [1.82, 2.24) is 0 Å². The molecule has 0 aromatic heterocycles. The summed E-state index contributed by atoms with van der Waals surface area (Å²) in [6.07, 6.45) is 8.71. The van der Waals surface area contributed by atoms with Gasteiger partial charge in [0.15, 0.2) is 0 Å². The normalized spacial score (nSPS) is 11.8. The van der Waals surface area contributed by atoms with E-state index >= 15 is 0 Å². The van der Waals surface area contributed by atoms with Crippen LogP contribution in [0.3, 0.4) is 0 Å². The van der Waals surface area contributed by atoms with Gasteiger partial charge in [0, 0.05) is 12.2 Å². The van der Waals surface area contributed by atoms with Crippen molar-refractivity contribution in [3.05, 3.63) is 84.5 Å². The molecule has 0 fully saturated rings. The lowest BCUT2D eigenvalue weighted by atomic mass is 10.2. The molecule has 2 aromatic carbocycles. The minimum atomic E-state index is -0.522. The van der Waals surface area contributed by atoms with Crippen LogP contribution in [0.25, 0.3) is 6.08 Å². The zero-order chi connectivity index (χ0) is 18.8. The van der Waals surface area contributed by atoms with Gasteiger partial charge in [0.2, 0.25) is 0 Å². The standard InChI is InChI=1S/C23H27NO2/c1-23(2,3)26-22(25)24(21-17-11-7-12-18-21)19-13-5-4-8-14-20-15-9-6-10-16-20/h5-18H,4,19H2,1-3H3/b13-5-,14-8+. The third kappa shape index (κ3) is 6.98. The van der Waals surface area contributed by atoms with Gasteiger partial charge >= 0.3 is 6.09 Å². The number of carbonyl (C=O) groups is 1. The first-order valence-electron chi connectivity index (χ1n) is 8.88. The van der Waals surface area contributed by atoms with Crippen LogP contribution in [-0.2, 0) is 4.74 Å². The summed E-state index contributed by atoms with van der Waals surface area (Å²) < 4.78 is 5.53. The fourth-order valence-electron chi connectivity index (χ4n) is 2.33. The highest BCUT2D eigenvalue weighted by molar-refractivity contribution is 5.88. The van der Waals surface area contributed by atoms with Crippen LogP contribution >= 0.6 is 0 Å². The van der Waals surface area contributed by atoms with Crippen molar-refractivity contribution in [2.75, 3.05) is 11.4 Å². The van der Waals surface area contributed by atoms with E-state index in [4.69, 9.17) is 4.74 Å². The van der Waals surface area contributed by atoms with E-state index in [1.165, 1.54) is 5.56 Å². The first-order chi connectivity index (χ1) is 12.5. The SMILES string of the molecule is CC(C)(C)OC(=O)N(C/C=C\C/C=C/c1ccccc1)c1ccccc1. The Bertz CT molecular complexity index is 728. The topological polar surface area (TPSA) is 29.5 Å². The Labute approximate surface area is 156 Å². The Morgan fingerprint density at radius 3 is 2.15 bits per heavy atom. The van der Waals surface area contributed by atoms with Gasteiger partial charge in [-0.05, 0) is 44.9 Å². The summed E-state index contributed by atoms with van der Waals surface area (Å²) in [6.45, 7) is 6.09. The number of rotatable bonds is 6. The van der Waals surface area contributed by atoms with Crippen molar-refractivity contribution in [3.8, 4) is 0 Å². The molecule has 0 atom stereocenters. The number of ether oxygens (including phenoxy) is 1. The van der Waals surface area contributed by atoms with Crippen LogP contribution in [0.4, 0.5) is 10.5 Å². The predicted octanol–water partition coefficient (Wildman–Crippen LogP) is 6.09. The van der Waals surface area contributed by atoms with Crippen LogP contribution in [0.15, 0.2) is 78.9 Å². The van der Waals surface area contributed by atoms with Gasteiger partial charge in [0.1, 0.15) is 5.60 Å². The number of amides is 1. The largest absolute Gasteiger partial charge is 0.443 e. The number of anilines is 1. The molecule has 136 valence electrons. The van der Waals surface area contributed by atoms with Gasteiger partial charge in [0.25, 0.3) is 0 Å². The van der Waals surface area contributed by atoms with Gasteiger partial charge in [-0.3, -0.25) is 4.90 Å². The third-order valence-corrected chi connectivity index (χ3v) is 3.52. The first-order valence-corrected chi connectivity index (χ1v) is 8.88. The molecular weight excluding hydrogens is 322 g/mol. The molecule has 1 amide bonds. The number of benzene rings is 2. The lowest BCUT2D eigenvalue weighted by Crippen LogP contribution is -2.37. The molecular formula is C23H27NO2. The molecule has 3 heteroatoms. The predicted molar refractivity (Wildman–Crippen MR) is 109 cm³/mol. The average molecular weight is 349 g/mol. The van der Waals surface area contributed by atoms with E-state index in [0.29, 0.717) is 6.54 Å². The lowest BCUT2D eigenvalue weighted by molar-refractivity contribution is 0.0584. The molecule has 2 rings (SSSR count). The van der Waals surface area contributed by atoms with Crippen molar-refractivity contribution >= 4 is 17.9 Å². The second-order valence-corrected chi connectivity index (χ2v) is 6.95. The molecule has 0 radical (unpaired) electrons. The summed E-state index contributed by atoms with van der Waals surface area (Å²) in [4.78, 5) is 14.2. The van der Waals surface area contributed by atoms with Crippen LogP contribution in [0.5, 0.6) is 0 Å². The molecule has 2 aromatic rings. The second-order valence-electron chi connectivity index (χ2n) is 6.95. The summed E-state index contributed by atoms with van der Waals surface area (Å²) in [5.41, 5.74) is 1.48. The Morgan fingerprint density at radius 2 is 1.54 bits per heavy atom. The molecule has 0 aliphatic carbocycles. The third-order valence-electron chi connectivity index (χ3n) is 3.52. The van der Waals surface area contributed by atoms with Gasteiger partial charge in [-0.2, -0.15) is 0 Å². The van der Waals surface area contributed by atoms with Crippen molar-refractivity contribution < 1.29 is 9.53 Å². The van der Waals surface area contributed by atoms with Gasteiger partial charge in [0.05, 0.1) is 0 Å². The van der Waals surface area contributed by atoms with E-state index in [2.05, 4.69) is 30.4 Å². The Balaban J connectivity index is 1.96. The number of nitrogens with zero attached hydrogens (tertiary/aromatic N) is 1. The number of hydrogen-bond acceptors (Lipinski definition) is 2. The maximum absolute atomic E-state index is 12.5. The molecule has 26 heavy (non-hydrogen) atoms. The summed E-state index contributed by atoms with van der Waals surface area (Å²) in [6, 6.07) is 19.8. The second kappa shape index (κ2) is 9.62. The molecule has 0 unspecified atom stereocenters. The van der Waals surface area contributed by atoms with Crippen LogP contribution in [0, 0.1) is 0 Å². The smallest absolute Gasteiger partial charge is 0.415 e. The molecule has 0 bridgehead atoms. The number of hydrogen-bond donors (Lipinski definition) is 0. The van der Waals surface area contributed by atoms with Gasteiger partial charge in [-0.1, -0.05) is 72.8 Å². The lowest BCUT2D eigenvalue weighted by Gasteiger charge is -2.26. The van der Waals surface area contributed by atoms with Gasteiger partial charge in [-0.25, -0.2) is 4.79 Å². The molecule has 0 spiro atoms. The number of para-hydroxylation sites is 1. The highest BCUT2D eigenvalue weighted by Crippen LogP contribution is 2.18. The summed E-state index contributed by atoms with van der Waals surface area (Å²) >= 11 is 0. The minimum Gasteiger partial charge on any atom is -0.443 e. The molecule has 3 nitrogen and oxygen atoms in total. The zero-order valence-corrected chi connectivity index (χ0v) is 15.8. The van der Waals surface area contributed by atoms with Crippen LogP contribution in [0.2, 0.25) is 0 Å². The van der Waals surface area contributed by atoms with Crippen LogP contribution < -0.4 is 4.90 Å². The van der Waals surface area contributed by atoms with Crippen molar-refractivity contribution in [1.29, 1.82) is 0 Å². The van der Waals surface area contributed by atoms with E-state index in [1.807, 2.05) is 75.4 Å². The average Bonchev–Trinajstić information content (AvgIpc) is 2.61. The number of carbonyl (C=O) groups excluding carboxylic acids is 1. The fourth-order valence-corrected chi connectivity index (χ4v) is 2.33. The van der Waals surface area contributed by atoms with E-state index in [9.17, 15) is 4.79 Å². The quantitative estimate of drug-likeness (QED) is 0.591. The van der Waals surface area contributed by atoms with Crippen molar-refractivity contribution in [2.24, 2.45) is 0 Å². The van der Waals surface area contributed by atoms with Crippen LogP contribution in [-0.4, -0.2) is 18.2 Å².